The smallest absolute Gasteiger partial charge is 0.315 e. The van der Waals surface area contributed by atoms with Gasteiger partial charge in [0.2, 0.25) is 0 Å². The molecule has 0 unspecified atom stereocenters. The van der Waals surface area contributed by atoms with E-state index in [1.54, 1.807) is 0 Å². The third kappa shape index (κ3) is 3.09. The fourth-order valence-corrected chi connectivity index (χ4v) is 2.23. The van der Waals surface area contributed by atoms with E-state index in [2.05, 4.69) is 10.6 Å². The Balaban J connectivity index is 1.64. The predicted octanol–water partition coefficient (Wildman–Crippen LogP) is 1.11. The number of hydrogen-bond acceptors (Lipinski definition) is 2. The molecule has 2 aliphatic rings. The molecule has 15 heavy (non-hydrogen) atoms. The highest BCUT2D eigenvalue weighted by molar-refractivity contribution is 5.74. The van der Waals surface area contributed by atoms with E-state index >= 15 is 0 Å². The van der Waals surface area contributed by atoms with Crippen LogP contribution in [0.5, 0.6) is 0 Å². The topological polar surface area (TPSA) is 67.1 Å². The van der Waals surface area contributed by atoms with Gasteiger partial charge in [0, 0.05) is 18.1 Å². The largest absolute Gasteiger partial charge is 0.335 e. The van der Waals surface area contributed by atoms with Crippen molar-refractivity contribution in [3.05, 3.63) is 0 Å². The van der Waals surface area contributed by atoms with Gasteiger partial charge in [0.25, 0.3) is 0 Å². The Bertz CT molecular complexity index is 220. The van der Waals surface area contributed by atoms with E-state index in [1.165, 1.54) is 6.42 Å². The van der Waals surface area contributed by atoms with Gasteiger partial charge in [-0.25, -0.2) is 4.79 Å². The number of nitrogens with one attached hydrogen (secondary N) is 2. The first-order valence-electron chi connectivity index (χ1n) is 6.06. The van der Waals surface area contributed by atoms with Gasteiger partial charge in [-0.05, 0) is 44.9 Å². The molecule has 2 amide bonds. The van der Waals surface area contributed by atoms with Crippen LogP contribution < -0.4 is 16.4 Å². The molecule has 0 atom stereocenters. The molecule has 0 bridgehead atoms. The minimum absolute atomic E-state index is 0.0140. The zero-order valence-corrected chi connectivity index (χ0v) is 9.17. The highest BCUT2D eigenvalue weighted by Crippen LogP contribution is 2.19. The Hall–Kier alpha value is -0.770. The van der Waals surface area contributed by atoms with E-state index in [0.29, 0.717) is 18.1 Å². The lowest BCUT2D eigenvalue weighted by Crippen LogP contribution is -2.49. The average Bonchev–Trinajstić information content (AvgIpc) is 2.16. The Morgan fingerprint density at radius 2 is 1.47 bits per heavy atom. The van der Waals surface area contributed by atoms with Gasteiger partial charge in [-0.15, -0.1) is 0 Å². The zero-order valence-electron chi connectivity index (χ0n) is 9.17. The van der Waals surface area contributed by atoms with Crippen LogP contribution in [0.25, 0.3) is 0 Å². The van der Waals surface area contributed by atoms with Crippen LogP contribution in [0.1, 0.15) is 44.9 Å². The summed E-state index contributed by atoms with van der Waals surface area (Å²) < 4.78 is 0. The second kappa shape index (κ2) is 4.84. The van der Waals surface area contributed by atoms with Gasteiger partial charge in [-0.2, -0.15) is 0 Å². The number of carbonyl (C=O) groups is 1. The van der Waals surface area contributed by atoms with Crippen molar-refractivity contribution < 1.29 is 4.79 Å². The summed E-state index contributed by atoms with van der Waals surface area (Å²) in [5, 5.41) is 6.03. The third-order valence-electron chi connectivity index (χ3n) is 3.55. The maximum atomic E-state index is 11.5. The molecule has 0 radical (unpaired) electrons. The van der Waals surface area contributed by atoms with Crippen LogP contribution in [0.4, 0.5) is 4.79 Å². The van der Waals surface area contributed by atoms with Crippen molar-refractivity contribution in [2.45, 2.75) is 63.1 Å². The molecule has 0 spiro atoms. The summed E-state index contributed by atoms with van der Waals surface area (Å²) in [6.45, 7) is 0. The van der Waals surface area contributed by atoms with Gasteiger partial charge in [-0.3, -0.25) is 0 Å². The normalized spacial score (nSPS) is 31.8. The molecule has 4 nitrogen and oxygen atoms in total. The Morgan fingerprint density at radius 3 is 1.93 bits per heavy atom. The SMILES string of the molecule is NC1CCC(NC(=O)NC2CCC2)CC1. The second-order valence-electron chi connectivity index (χ2n) is 4.86. The Labute approximate surface area is 91.0 Å². The van der Waals surface area contributed by atoms with Crippen LogP contribution >= 0.6 is 0 Å². The van der Waals surface area contributed by atoms with E-state index in [0.717, 1.165) is 38.5 Å². The molecule has 0 aromatic carbocycles. The number of amides is 2. The molecule has 0 heterocycles. The van der Waals surface area contributed by atoms with E-state index in [4.69, 9.17) is 5.73 Å². The molecule has 0 aromatic rings. The zero-order chi connectivity index (χ0) is 10.7. The molecular formula is C11H21N3O. The van der Waals surface area contributed by atoms with Crippen molar-refractivity contribution in [3.8, 4) is 0 Å². The van der Waals surface area contributed by atoms with Gasteiger partial charge < -0.3 is 16.4 Å². The van der Waals surface area contributed by atoms with Crippen molar-refractivity contribution in [2.75, 3.05) is 0 Å². The summed E-state index contributed by atoms with van der Waals surface area (Å²) in [4.78, 5) is 11.5. The lowest BCUT2D eigenvalue weighted by molar-refractivity contribution is 0.219. The summed E-state index contributed by atoms with van der Waals surface area (Å²) in [5.74, 6) is 0. The first-order valence-corrected chi connectivity index (χ1v) is 6.06. The lowest BCUT2D eigenvalue weighted by atomic mass is 9.91. The summed E-state index contributed by atoms with van der Waals surface area (Å²) in [7, 11) is 0. The summed E-state index contributed by atoms with van der Waals surface area (Å²) in [6.07, 6.45) is 7.66. The average molecular weight is 211 g/mol. The Kier molecular flexibility index (Phi) is 3.46. The molecular weight excluding hydrogens is 190 g/mol. The summed E-state index contributed by atoms with van der Waals surface area (Å²) in [5.41, 5.74) is 5.81. The predicted molar refractivity (Wildman–Crippen MR) is 59.5 cm³/mol. The lowest BCUT2D eigenvalue weighted by Gasteiger charge is -2.30. The molecule has 2 saturated carbocycles. The molecule has 0 saturated heterocycles. The Morgan fingerprint density at radius 1 is 0.933 bits per heavy atom. The van der Waals surface area contributed by atoms with Crippen molar-refractivity contribution in [2.24, 2.45) is 5.73 Å². The number of nitrogens with two attached hydrogens (primary N) is 1. The van der Waals surface area contributed by atoms with Crippen LogP contribution in [0.2, 0.25) is 0 Å². The van der Waals surface area contributed by atoms with Crippen LogP contribution in [-0.4, -0.2) is 24.2 Å². The van der Waals surface area contributed by atoms with Gasteiger partial charge in [-0.1, -0.05) is 0 Å². The van der Waals surface area contributed by atoms with Crippen LogP contribution in [-0.2, 0) is 0 Å². The minimum atomic E-state index is 0.0140. The summed E-state index contributed by atoms with van der Waals surface area (Å²) in [6, 6.07) is 1.12. The van der Waals surface area contributed by atoms with Crippen LogP contribution in [0, 0.1) is 0 Å². The maximum Gasteiger partial charge on any atom is 0.315 e. The first-order chi connectivity index (χ1) is 7.24. The number of carbonyl (C=O) groups excluding carboxylic acids is 1. The van der Waals surface area contributed by atoms with Crippen molar-refractivity contribution in [1.29, 1.82) is 0 Å². The second-order valence-corrected chi connectivity index (χ2v) is 4.86. The quantitative estimate of drug-likeness (QED) is 0.640. The van der Waals surface area contributed by atoms with Gasteiger partial charge >= 0.3 is 6.03 Å². The standard InChI is InChI=1S/C11H21N3O/c12-8-4-6-10(7-5-8)14-11(15)13-9-2-1-3-9/h8-10H,1-7,12H2,(H2,13,14,15). The van der Waals surface area contributed by atoms with Crippen LogP contribution in [0.3, 0.4) is 0 Å². The molecule has 0 aromatic heterocycles. The van der Waals surface area contributed by atoms with Crippen molar-refractivity contribution >= 4 is 6.03 Å². The molecule has 2 aliphatic carbocycles. The number of hydrogen-bond donors (Lipinski definition) is 3. The van der Waals surface area contributed by atoms with Gasteiger partial charge in [0.05, 0.1) is 0 Å². The molecule has 4 N–H and O–H groups in total. The molecule has 86 valence electrons. The van der Waals surface area contributed by atoms with E-state index in [9.17, 15) is 4.79 Å². The van der Waals surface area contributed by atoms with E-state index in [1.807, 2.05) is 0 Å². The molecule has 4 heteroatoms. The first kappa shape index (κ1) is 10.7. The highest BCUT2D eigenvalue weighted by atomic mass is 16.2. The monoisotopic (exact) mass is 211 g/mol. The fourth-order valence-electron chi connectivity index (χ4n) is 2.23. The molecule has 2 rings (SSSR count). The van der Waals surface area contributed by atoms with E-state index < -0.39 is 0 Å². The van der Waals surface area contributed by atoms with E-state index in [-0.39, 0.29) is 6.03 Å². The molecule has 0 aliphatic heterocycles. The van der Waals surface area contributed by atoms with Gasteiger partial charge in [0.15, 0.2) is 0 Å². The minimum Gasteiger partial charge on any atom is -0.335 e. The maximum absolute atomic E-state index is 11.5. The van der Waals surface area contributed by atoms with Crippen LogP contribution in [0.15, 0.2) is 0 Å². The fraction of sp³-hybridized carbons (Fsp3) is 0.909. The third-order valence-corrected chi connectivity index (χ3v) is 3.55. The van der Waals surface area contributed by atoms with Gasteiger partial charge in [0.1, 0.15) is 0 Å². The summed E-state index contributed by atoms with van der Waals surface area (Å²) >= 11 is 0. The van der Waals surface area contributed by atoms with Crippen molar-refractivity contribution in [3.63, 3.8) is 0 Å². The number of urea groups is 1. The molecule has 2 fully saturated rings. The number of rotatable bonds is 2. The van der Waals surface area contributed by atoms with Crippen molar-refractivity contribution in [1.82, 2.24) is 10.6 Å². The highest BCUT2D eigenvalue weighted by Gasteiger charge is 2.23.